The molecule has 0 fully saturated rings. The van der Waals surface area contributed by atoms with Crippen LogP contribution in [-0.2, 0) is 9.59 Å². The Balaban J connectivity index is 0.000000409. The fraction of sp³-hybridized carbons (Fsp3) is 0.333. The molecule has 0 aliphatic heterocycles. The van der Waals surface area contributed by atoms with Crippen molar-refractivity contribution in [1.29, 1.82) is 0 Å². The van der Waals surface area contributed by atoms with Crippen LogP contribution in [0.3, 0.4) is 0 Å². The number of hydrogen-bond acceptors (Lipinski definition) is 8. The van der Waals surface area contributed by atoms with E-state index in [-0.39, 0.29) is 18.0 Å². The third kappa shape index (κ3) is 5.93. The smallest absolute Gasteiger partial charge is 0.335 e. The second kappa shape index (κ2) is 8.79. The first-order valence-electron chi connectivity index (χ1n) is 5.83. The molecule has 0 aromatic heterocycles. The van der Waals surface area contributed by atoms with E-state index in [0.29, 0.717) is 5.56 Å². The van der Waals surface area contributed by atoms with Gasteiger partial charge in [-0.05, 0) is 17.7 Å². The Kier molecular flexibility index (Phi) is 7.83. The van der Waals surface area contributed by atoms with E-state index in [2.05, 4.69) is 0 Å². The molecule has 0 heterocycles. The van der Waals surface area contributed by atoms with Gasteiger partial charge in [0.25, 0.3) is 0 Å². The van der Waals surface area contributed by atoms with Crippen LogP contribution in [0.25, 0.3) is 0 Å². The zero-order valence-electron chi connectivity index (χ0n) is 11.2. The van der Waals surface area contributed by atoms with Gasteiger partial charge in [0.15, 0.2) is 23.7 Å². The first-order chi connectivity index (χ1) is 10.1. The maximum absolute atomic E-state index is 9.77. The molecule has 22 heavy (non-hydrogen) atoms. The molecule has 10 heteroatoms. The van der Waals surface area contributed by atoms with E-state index in [0.717, 1.165) is 0 Å². The van der Waals surface area contributed by atoms with Crippen molar-refractivity contribution in [2.24, 2.45) is 5.73 Å². The Morgan fingerprint density at radius 3 is 1.73 bits per heavy atom. The number of aliphatic hydroxyl groups is 3. The monoisotopic (exact) mass is 319 g/mol. The lowest BCUT2D eigenvalue weighted by Crippen LogP contribution is -2.39. The number of phenolic OH excluding ortho intramolecular Hbond substituents is 2. The minimum atomic E-state index is -2.27. The molecule has 124 valence electrons. The minimum absolute atomic E-state index is 0.0875. The van der Waals surface area contributed by atoms with Gasteiger partial charge >= 0.3 is 11.9 Å². The molecule has 0 aliphatic rings. The van der Waals surface area contributed by atoms with E-state index < -0.39 is 30.3 Å². The van der Waals surface area contributed by atoms with Gasteiger partial charge in [-0.1, -0.05) is 6.07 Å². The third-order valence-corrected chi connectivity index (χ3v) is 2.41. The standard InChI is InChI=1S/C8H11NO3.C4H6O6/c9-4-8(12)5-1-2-6(10)7(11)3-5;5-1(3(7)8)2(6)4(9)10/h1-3,8,10-12H,4,9H2;1-2,5-6H,(H,7,8)(H,9,10)/t8-;1-,2-/m10/s1. The second-order valence-electron chi connectivity index (χ2n) is 4.07. The van der Waals surface area contributed by atoms with Gasteiger partial charge in [-0.15, -0.1) is 0 Å². The van der Waals surface area contributed by atoms with Crippen LogP contribution in [0.2, 0.25) is 0 Å². The van der Waals surface area contributed by atoms with Crippen LogP contribution in [-0.4, -0.2) is 66.4 Å². The summed E-state index contributed by atoms with van der Waals surface area (Å²) in [4.78, 5) is 19.5. The number of carbonyl (C=O) groups is 2. The summed E-state index contributed by atoms with van der Waals surface area (Å²) in [5.74, 6) is -3.99. The minimum Gasteiger partial charge on any atom is -0.504 e. The molecule has 0 radical (unpaired) electrons. The summed E-state index contributed by atoms with van der Waals surface area (Å²) in [6, 6.07) is 4.10. The number of aliphatic carboxylic acids is 2. The average Bonchev–Trinajstić information content (AvgIpc) is 2.48. The highest BCUT2D eigenvalue weighted by molar-refractivity contribution is 5.83. The van der Waals surface area contributed by atoms with Gasteiger partial charge in [-0.2, -0.15) is 0 Å². The lowest BCUT2D eigenvalue weighted by Gasteiger charge is -2.08. The first kappa shape index (κ1) is 19.6. The van der Waals surface area contributed by atoms with E-state index in [1.54, 1.807) is 0 Å². The zero-order chi connectivity index (χ0) is 17.4. The third-order valence-electron chi connectivity index (χ3n) is 2.41. The van der Waals surface area contributed by atoms with E-state index >= 15 is 0 Å². The van der Waals surface area contributed by atoms with Crippen molar-refractivity contribution in [2.45, 2.75) is 18.3 Å². The molecule has 0 amide bonds. The molecule has 3 atom stereocenters. The fourth-order valence-electron chi connectivity index (χ4n) is 1.15. The van der Waals surface area contributed by atoms with E-state index in [4.69, 9.17) is 36.4 Å². The summed E-state index contributed by atoms with van der Waals surface area (Å²) in [5.41, 5.74) is 5.69. The Bertz CT molecular complexity index is 501. The molecule has 9 N–H and O–H groups in total. The fourth-order valence-corrected chi connectivity index (χ4v) is 1.15. The maximum atomic E-state index is 9.77. The van der Waals surface area contributed by atoms with Gasteiger partial charge in [0, 0.05) is 6.54 Å². The summed E-state index contributed by atoms with van der Waals surface area (Å²) in [5, 5.41) is 59.7. The summed E-state index contributed by atoms with van der Waals surface area (Å²) >= 11 is 0. The van der Waals surface area contributed by atoms with E-state index in [1.807, 2.05) is 0 Å². The van der Waals surface area contributed by atoms with Crippen molar-refractivity contribution in [3.63, 3.8) is 0 Å². The molecule has 0 saturated carbocycles. The van der Waals surface area contributed by atoms with Crippen LogP contribution in [0.4, 0.5) is 0 Å². The Morgan fingerprint density at radius 1 is 0.955 bits per heavy atom. The predicted molar refractivity (Wildman–Crippen MR) is 71.1 cm³/mol. The molecule has 0 unspecified atom stereocenters. The molecule has 1 rings (SSSR count). The van der Waals surface area contributed by atoms with Gasteiger partial charge in [-0.25, -0.2) is 9.59 Å². The molecule has 10 nitrogen and oxygen atoms in total. The number of aromatic hydroxyl groups is 2. The lowest BCUT2D eigenvalue weighted by atomic mass is 10.1. The normalized spacial score (nSPS) is 14.2. The summed E-state index contributed by atoms with van der Waals surface area (Å²) in [7, 11) is 0. The van der Waals surface area contributed by atoms with Crippen LogP contribution in [0.15, 0.2) is 18.2 Å². The molecule has 0 aliphatic carbocycles. The molecular weight excluding hydrogens is 302 g/mol. The molecule has 0 bridgehead atoms. The van der Waals surface area contributed by atoms with Gasteiger partial charge in [0.1, 0.15) is 0 Å². The topological polar surface area (TPSA) is 202 Å². The highest BCUT2D eigenvalue weighted by Gasteiger charge is 2.29. The number of aliphatic hydroxyl groups excluding tert-OH is 3. The van der Waals surface area contributed by atoms with Crippen LogP contribution in [0.5, 0.6) is 11.5 Å². The highest BCUT2D eigenvalue weighted by atomic mass is 16.4. The molecular formula is C12H17NO9. The van der Waals surface area contributed by atoms with Crippen LogP contribution >= 0.6 is 0 Å². The number of carboxylic acid groups (broad SMARTS) is 2. The summed E-state index contributed by atoms with van der Waals surface area (Å²) in [6.45, 7) is 0.0875. The molecule has 1 aromatic carbocycles. The molecule has 1 aromatic rings. The Morgan fingerprint density at radius 2 is 1.41 bits per heavy atom. The number of nitrogens with two attached hydrogens (primary N) is 1. The van der Waals surface area contributed by atoms with Crippen LogP contribution in [0, 0.1) is 0 Å². The zero-order valence-corrected chi connectivity index (χ0v) is 11.2. The summed E-state index contributed by atoms with van der Waals surface area (Å²) < 4.78 is 0. The van der Waals surface area contributed by atoms with Gasteiger partial charge < -0.3 is 41.5 Å². The quantitative estimate of drug-likeness (QED) is 0.279. The van der Waals surface area contributed by atoms with Crippen molar-refractivity contribution in [3.05, 3.63) is 23.8 Å². The molecule has 0 spiro atoms. The Labute approximate surface area is 124 Å². The second-order valence-corrected chi connectivity index (χ2v) is 4.07. The van der Waals surface area contributed by atoms with Crippen molar-refractivity contribution in [3.8, 4) is 11.5 Å². The molecule has 0 saturated heterocycles. The number of hydrogen-bond donors (Lipinski definition) is 8. The SMILES string of the molecule is NC[C@@H](O)c1ccc(O)c(O)c1.O=C(O)[C@@H](O)[C@H](O)C(=O)O. The van der Waals surface area contributed by atoms with Gasteiger partial charge in [0.2, 0.25) is 0 Å². The lowest BCUT2D eigenvalue weighted by molar-refractivity contribution is -0.165. The largest absolute Gasteiger partial charge is 0.504 e. The van der Waals surface area contributed by atoms with Crippen LogP contribution in [0.1, 0.15) is 11.7 Å². The maximum Gasteiger partial charge on any atom is 0.335 e. The van der Waals surface area contributed by atoms with Gasteiger partial charge in [-0.3, -0.25) is 0 Å². The number of benzene rings is 1. The number of rotatable bonds is 5. The van der Waals surface area contributed by atoms with Crippen molar-refractivity contribution in [1.82, 2.24) is 0 Å². The van der Waals surface area contributed by atoms with Crippen LogP contribution < -0.4 is 5.73 Å². The van der Waals surface area contributed by atoms with E-state index in [9.17, 15) is 14.7 Å². The van der Waals surface area contributed by atoms with Crippen molar-refractivity contribution < 1.29 is 45.3 Å². The van der Waals surface area contributed by atoms with Crippen molar-refractivity contribution in [2.75, 3.05) is 6.54 Å². The van der Waals surface area contributed by atoms with Crippen molar-refractivity contribution >= 4 is 11.9 Å². The first-order valence-corrected chi connectivity index (χ1v) is 5.83. The highest BCUT2D eigenvalue weighted by Crippen LogP contribution is 2.27. The predicted octanol–water partition coefficient (Wildman–Crippen LogP) is -2.03. The number of carboxylic acids is 2. The Hall–Kier alpha value is -2.40. The van der Waals surface area contributed by atoms with E-state index in [1.165, 1.54) is 18.2 Å². The number of phenols is 2. The summed E-state index contributed by atoms with van der Waals surface area (Å²) in [6.07, 6.45) is -5.33. The van der Waals surface area contributed by atoms with Gasteiger partial charge in [0.05, 0.1) is 6.10 Å². The average molecular weight is 319 g/mol.